The second-order valence-corrected chi connectivity index (χ2v) is 7.15. The van der Waals surface area contributed by atoms with Crippen LogP contribution in [-0.2, 0) is 5.75 Å². The van der Waals surface area contributed by atoms with Gasteiger partial charge < -0.3 is 5.11 Å². The Morgan fingerprint density at radius 3 is 2.84 bits per heavy atom. The summed E-state index contributed by atoms with van der Waals surface area (Å²) in [5.41, 5.74) is 1.84. The van der Waals surface area contributed by atoms with Crippen LogP contribution in [0.15, 0.2) is 46.9 Å². The molecule has 0 saturated carbocycles. The third-order valence-corrected chi connectivity index (χ3v) is 5.32. The summed E-state index contributed by atoms with van der Waals surface area (Å²) < 4.78 is 0. The van der Waals surface area contributed by atoms with E-state index >= 15 is 0 Å². The van der Waals surface area contributed by atoms with Crippen molar-refractivity contribution in [3.05, 3.63) is 63.6 Å². The SMILES string of the molecule is N#Cc1c(Cl)nc(SCc2cccc(C(=O)O)c2)nc1-c1cccs1. The number of thioether (sulfide) groups is 1. The minimum atomic E-state index is -0.968. The van der Waals surface area contributed by atoms with Gasteiger partial charge in [0.1, 0.15) is 17.3 Å². The van der Waals surface area contributed by atoms with Crippen molar-refractivity contribution in [2.24, 2.45) is 0 Å². The Morgan fingerprint density at radius 2 is 2.16 bits per heavy atom. The second-order valence-electron chi connectivity index (χ2n) is 4.90. The number of carboxylic acids is 1. The maximum absolute atomic E-state index is 11.0. The molecule has 1 aromatic carbocycles. The van der Waals surface area contributed by atoms with Crippen molar-refractivity contribution < 1.29 is 9.90 Å². The number of nitriles is 1. The van der Waals surface area contributed by atoms with Crippen LogP contribution in [0.1, 0.15) is 21.5 Å². The van der Waals surface area contributed by atoms with Crippen molar-refractivity contribution in [3.8, 4) is 16.6 Å². The maximum atomic E-state index is 11.0. The molecule has 0 atom stereocenters. The minimum Gasteiger partial charge on any atom is -0.478 e. The first-order valence-corrected chi connectivity index (χ1v) is 9.29. The molecular formula is C17H10ClN3O2S2. The van der Waals surface area contributed by atoms with E-state index in [1.165, 1.54) is 23.1 Å². The highest BCUT2D eigenvalue weighted by molar-refractivity contribution is 7.98. The van der Waals surface area contributed by atoms with Crippen LogP contribution in [0.4, 0.5) is 0 Å². The predicted octanol–water partition coefficient (Wildman–Crippen LogP) is 4.72. The quantitative estimate of drug-likeness (QED) is 0.387. The molecule has 2 heterocycles. The highest BCUT2D eigenvalue weighted by Crippen LogP contribution is 2.32. The molecule has 0 fully saturated rings. The molecule has 3 rings (SSSR count). The van der Waals surface area contributed by atoms with Gasteiger partial charge >= 0.3 is 5.97 Å². The van der Waals surface area contributed by atoms with E-state index in [-0.39, 0.29) is 16.3 Å². The molecule has 0 aliphatic heterocycles. The number of hydrogen-bond acceptors (Lipinski definition) is 6. The van der Waals surface area contributed by atoms with Gasteiger partial charge in [-0.05, 0) is 29.1 Å². The van der Waals surface area contributed by atoms with Gasteiger partial charge in [-0.25, -0.2) is 14.8 Å². The number of carbonyl (C=O) groups is 1. The van der Waals surface area contributed by atoms with Crippen LogP contribution < -0.4 is 0 Å². The fourth-order valence-corrected chi connectivity index (χ4v) is 3.88. The van der Waals surface area contributed by atoms with E-state index in [0.29, 0.717) is 16.6 Å². The number of benzene rings is 1. The summed E-state index contributed by atoms with van der Waals surface area (Å²) in [5.74, 6) is -0.475. The Hall–Kier alpha value is -2.40. The molecule has 3 aromatic rings. The van der Waals surface area contributed by atoms with Crippen molar-refractivity contribution in [1.82, 2.24) is 9.97 Å². The zero-order valence-corrected chi connectivity index (χ0v) is 15.0. The van der Waals surface area contributed by atoms with E-state index in [4.69, 9.17) is 16.7 Å². The van der Waals surface area contributed by atoms with Crippen molar-refractivity contribution in [2.75, 3.05) is 0 Å². The number of halogens is 1. The van der Waals surface area contributed by atoms with Gasteiger partial charge in [0, 0.05) is 5.75 Å². The molecule has 0 unspecified atom stereocenters. The summed E-state index contributed by atoms with van der Waals surface area (Å²) in [6.07, 6.45) is 0. The number of aromatic nitrogens is 2. The van der Waals surface area contributed by atoms with E-state index in [1.54, 1.807) is 18.2 Å². The lowest BCUT2D eigenvalue weighted by Gasteiger charge is -2.07. The fraction of sp³-hybridized carbons (Fsp3) is 0.0588. The Kier molecular flexibility index (Phi) is 5.34. The summed E-state index contributed by atoms with van der Waals surface area (Å²) in [5, 5.41) is 20.8. The molecule has 0 saturated heterocycles. The van der Waals surface area contributed by atoms with Gasteiger partial charge in [0.05, 0.1) is 10.4 Å². The Bertz CT molecular complexity index is 969. The molecule has 8 heteroatoms. The van der Waals surface area contributed by atoms with Crippen LogP contribution in [0, 0.1) is 11.3 Å². The van der Waals surface area contributed by atoms with Gasteiger partial charge in [0.25, 0.3) is 0 Å². The average molecular weight is 388 g/mol. The first kappa shape index (κ1) is 17.4. The van der Waals surface area contributed by atoms with Crippen LogP contribution in [-0.4, -0.2) is 21.0 Å². The molecule has 0 amide bonds. The van der Waals surface area contributed by atoms with Gasteiger partial charge in [-0.3, -0.25) is 0 Å². The Balaban J connectivity index is 1.88. The van der Waals surface area contributed by atoms with E-state index in [0.717, 1.165) is 10.4 Å². The summed E-state index contributed by atoms with van der Waals surface area (Å²) >= 11 is 8.94. The first-order valence-electron chi connectivity index (χ1n) is 7.05. The molecule has 2 aromatic heterocycles. The molecule has 5 nitrogen and oxygen atoms in total. The van der Waals surface area contributed by atoms with Crippen molar-refractivity contribution in [1.29, 1.82) is 5.26 Å². The van der Waals surface area contributed by atoms with Crippen molar-refractivity contribution in [3.63, 3.8) is 0 Å². The van der Waals surface area contributed by atoms with E-state index in [1.807, 2.05) is 29.6 Å². The van der Waals surface area contributed by atoms with Crippen LogP contribution in [0.5, 0.6) is 0 Å². The van der Waals surface area contributed by atoms with Gasteiger partial charge in [-0.15, -0.1) is 11.3 Å². The largest absolute Gasteiger partial charge is 0.478 e. The lowest BCUT2D eigenvalue weighted by Crippen LogP contribution is -1.98. The number of hydrogen-bond donors (Lipinski definition) is 1. The lowest BCUT2D eigenvalue weighted by molar-refractivity contribution is 0.0697. The second kappa shape index (κ2) is 7.66. The van der Waals surface area contributed by atoms with Gasteiger partial charge in [-0.1, -0.05) is 41.6 Å². The number of rotatable bonds is 5. The van der Waals surface area contributed by atoms with E-state index in [9.17, 15) is 10.1 Å². The Morgan fingerprint density at radius 1 is 1.32 bits per heavy atom. The molecular weight excluding hydrogens is 378 g/mol. The van der Waals surface area contributed by atoms with Crippen LogP contribution in [0.25, 0.3) is 10.6 Å². The highest BCUT2D eigenvalue weighted by Gasteiger charge is 2.16. The number of thiophene rings is 1. The van der Waals surface area contributed by atoms with Crippen LogP contribution in [0.3, 0.4) is 0 Å². The molecule has 124 valence electrons. The van der Waals surface area contributed by atoms with Gasteiger partial charge in [0.2, 0.25) is 0 Å². The fourth-order valence-electron chi connectivity index (χ4n) is 2.11. The third kappa shape index (κ3) is 3.99. The zero-order chi connectivity index (χ0) is 17.8. The Labute approximate surface area is 156 Å². The number of nitrogens with zero attached hydrogens (tertiary/aromatic N) is 3. The van der Waals surface area contributed by atoms with Crippen molar-refractivity contribution in [2.45, 2.75) is 10.9 Å². The van der Waals surface area contributed by atoms with Crippen LogP contribution >= 0.6 is 34.7 Å². The topological polar surface area (TPSA) is 86.9 Å². The van der Waals surface area contributed by atoms with Crippen LogP contribution in [0.2, 0.25) is 5.15 Å². The maximum Gasteiger partial charge on any atom is 0.335 e. The molecule has 0 bridgehead atoms. The van der Waals surface area contributed by atoms with Crippen molar-refractivity contribution >= 4 is 40.7 Å². The predicted molar refractivity (Wildman–Crippen MR) is 98.0 cm³/mol. The summed E-state index contributed by atoms with van der Waals surface area (Å²) in [4.78, 5) is 20.5. The van der Waals surface area contributed by atoms with E-state index in [2.05, 4.69) is 9.97 Å². The molecule has 0 radical (unpaired) electrons. The number of aromatic carboxylic acids is 1. The summed E-state index contributed by atoms with van der Waals surface area (Å²) in [6.45, 7) is 0. The van der Waals surface area contributed by atoms with Gasteiger partial charge in [0.15, 0.2) is 10.3 Å². The normalized spacial score (nSPS) is 10.4. The molecule has 0 aliphatic rings. The average Bonchev–Trinajstić information content (AvgIpc) is 3.14. The minimum absolute atomic E-state index is 0.114. The molecule has 0 spiro atoms. The summed E-state index contributed by atoms with van der Waals surface area (Å²) in [7, 11) is 0. The third-order valence-electron chi connectivity index (χ3n) is 3.25. The van der Waals surface area contributed by atoms with E-state index < -0.39 is 5.97 Å². The smallest absolute Gasteiger partial charge is 0.335 e. The molecule has 25 heavy (non-hydrogen) atoms. The van der Waals surface area contributed by atoms with Gasteiger partial charge in [-0.2, -0.15) is 5.26 Å². The first-order chi connectivity index (χ1) is 12.1. The molecule has 0 aliphatic carbocycles. The molecule has 1 N–H and O–H groups in total. The monoisotopic (exact) mass is 387 g/mol. The summed E-state index contributed by atoms with van der Waals surface area (Å²) in [6, 6.07) is 12.5. The standard InChI is InChI=1S/C17H10ClN3O2S2/c18-15-12(8-19)14(13-5-2-6-24-13)20-17(21-15)25-9-10-3-1-4-11(7-10)16(22)23/h1-7H,9H2,(H,22,23). The zero-order valence-electron chi connectivity index (χ0n) is 12.6. The highest BCUT2D eigenvalue weighted by atomic mass is 35.5. The number of carboxylic acid groups (broad SMARTS) is 1. The lowest BCUT2D eigenvalue weighted by atomic mass is 10.1.